The smallest absolute Gasteiger partial charge is 0.315 e. The van der Waals surface area contributed by atoms with Crippen molar-refractivity contribution in [3.05, 3.63) is 29.8 Å². The van der Waals surface area contributed by atoms with Gasteiger partial charge in [-0.2, -0.15) is 0 Å². The minimum absolute atomic E-state index is 0.0662. The predicted octanol–water partition coefficient (Wildman–Crippen LogP) is 0.844. The number of amides is 3. The van der Waals surface area contributed by atoms with Gasteiger partial charge >= 0.3 is 12.0 Å². The van der Waals surface area contributed by atoms with Gasteiger partial charge in [0, 0.05) is 13.1 Å². The molecule has 7 nitrogen and oxygen atoms in total. The fraction of sp³-hybridized carbons (Fsp3) is 0.357. The summed E-state index contributed by atoms with van der Waals surface area (Å²) in [4.78, 5) is 35.0. The second-order valence-electron chi connectivity index (χ2n) is 4.95. The van der Waals surface area contributed by atoms with Gasteiger partial charge in [0.25, 0.3) is 0 Å². The van der Waals surface area contributed by atoms with E-state index in [0.29, 0.717) is 0 Å². The highest BCUT2D eigenvalue weighted by Crippen LogP contribution is 2.27. The monoisotopic (exact) mass is 327 g/mol. The first-order valence-electron chi connectivity index (χ1n) is 6.91. The van der Waals surface area contributed by atoms with E-state index in [0.717, 1.165) is 17.0 Å². The molecule has 0 radical (unpaired) electrons. The Kier molecular flexibility index (Phi) is 5.09. The number of halogens is 2. The Morgan fingerprint density at radius 3 is 2.57 bits per heavy atom. The molecule has 1 aliphatic heterocycles. The third-order valence-corrected chi connectivity index (χ3v) is 3.34. The van der Waals surface area contributed by atoms with E-state index >= 15 is 0 Å². The van der Waals surface area contributed by atoms with E-state index in [4.69, 9.17) is 5.11 Å². The van der Waals surface area contributed by atoms with Crippen molar-refractivity contribution >= 4 is 23.6 Å². The Morgan fingerprint density at radius 1 is 1.30 bits per heavy atom. The number of para-hydroxylation sites is 1. The van der Waals surface area contributed by atoms with E-state index in [9.17, 15) is 23.2 Å². The van der Waals surface area contributed by atoms with Gasteiger partial charge in [-0.1, -0.05) is 6.07 Å². The number of hydrogen-bond donors (Lipinski definition) is 3. The van der Waals surface area contributed by atoms with Crippen LogP contribution in [0.15, 0.2) is 18.2 Å². The molecule has 9 heteroatoms. The molecule has 0 saturated carbocycles. The summed E-state index contributed by atoms with van der Waals surface area (Å²) in [5, 5.41) is 13.1. The Hall–Kier alpha value is -2.71. The summed E-state index contributed by atoms with van der Waals surface area (Å²) in [5.74, 6) is -3.40. The molecule has 0 aliphatic carbocycles. The van der Waals surface area contributed by atoms with Crippen LogP contribution in [0.2, 0.25) is 0 Å². The van der Waals surface area contributed by atoms with Gasteiger partial charge in [-0.15, -0.1) is 0 Å². The summed E-state index contributed by atoms with van der Waals surface area (Å²) in [6, 6.07) is 1.66. The van der Waals surface area contributed by atoms with Crippen molar-refractivity contribution in [2.75, 3.05) is 18.0 Å². The number of carbonyl (C=O) groups excluding carboxylic acids is 2. The van der Waals surface area contributed by atoms with Crippen LogP contribution in [0, 0.1) is 11.6 Å². The lowest BCUT2D eigenvalue weighted by atomic mass is 10.2. The lowest BCUT2D eigenvalue weighted by Crippen LogP contribution is -2.46. The zero-order valence-corrected chi connectivity index (χ0v) is 12.0. The standard InChI is InChI=1S/C14H15F2N3O4/c15-8-2-1-3-9(16)12(8)19-7-5-10(13(19)22)18-14(23)17-6-4-11(20)21/h1-3,10H,4-7H2,(H,20,21)(H2,17,18,23). The first-order chi connectivity index (χ1) is 10.9. The fourth-order valence-electron chi connectivity index (χ4n) is 2.28. The maximum absolute atomic E-state index is 13.7. The largest absolute Gasteiger partial charge is 0.481 e. The van der Waals surface area contributed by atoms with Crippen LogP contribution >= 0.6 is 0 Å². The number of carboxylic acid groups (broad SMARTS) is 1. The molecule has 23 heavy (non-hydrogen) atoms. The molecule has 0 bridgehead atoms. The molecule has 1 aliphatic rings. The van der Waals surface area contributed by atoms with Crippen LogP contribution in [0.5, 0.6) is 0 Å². The SMILES string of the molecule is O=C(O)CCNC(=O)NC1CCN(c2c(F)cccc2F)C1=O. The quantitative estimate of drug-likeness (QED) is 0.746. The number of aliphatic carboxylic acids is 1. The predicted molar refractivity (Wildman–Crippen MR) is 75.9 cm³/mol. The molecule has 3 amide bonds. The van der Waals surface area contributed by atoms with Crippen molar-refractivity contribution in [3.63, 3.8) is 0 Å². The summed E-state index contributed by atoms with van der Waals surface area (Å²) >= 11 is 0. The second-order valence-corrected chi connectivity index (χ2v) is 4.95. The number of urea groups is 1. The molecular formula is C14H15F2N3O4. The molecule has 3 N–H and O–H groups in total. The maximum atomic E-state index is 13.7. The van der Waals surface area contributed by atoms with E-state index in [-0.39, 0.29) is 25.9 Å². The van der Waals surface area contributed by atoms with E-state index < -0.39 is 41.3 Å². The number of anilines is 1. The van der Waals surface area contributed by atoms with Gasteiger partial charge in [0.05, 0.1) is 6.42 Å². The average Bonchev–Trinajstić information content (AvgIpc) is 2.80. The Morgan fingerprint density at radius 2 is 1.96 bits per heavy atom. The minimum Gasteiger partial charge on any atom is -0.481 e. The number of benzene rings is 1. The van der Waals surface area contributed by atoms with Gasteiger partial charge in [-0.3, -0.25) is 9.59 Å². The van der Waals surface area contributed by atoms with E-state index in [1.807, 2.05) is 0 Å². The Labute approximate surface area is 130 Å². The molecule has 1 saturated heterocycles. The molecule has 2 rings (SSSR count). The zero-order chi connectivity index (χ0) is 17.0. The van der Waals surface area contributed by atoms with Crippen LogP contribution in [0.3, 0.4) is 0 Å². The Bertz CT molecular complexity index is 618. The van der Waals surface area contributed by atoms with E-state index in [1.54, 1.807) is 0 Å². The molecule has 1 fully saturated rings. The van der Waals surface area contributed by atoms with Crippen molar-refractivity contribution in [2.45, 2.75) is 18.9 Å². The highest BCUT2D eigenvalue weighted by atomic mass is 19.1. The molecule has 1 atom stereocenters. The summed E-state index contributed by atoms with van der Waals surface area (Å²) in [6.45, 7) is -0.0233. The number of rotatable bonds is 5. The highest BCUT2D eigenvalue weighted by molar-refractivity contribution is 6.01. The van der Waals surface area contributed by atoms with Gasteiger partial charge in [0.2, 0.25) is 5.91 Å². The summed E-state index contributed by atoms with van der Waals surface area (Å²) in [7, 11) is 0. The minimum atomic E-state index is -1.07. The average molecular weight is 327 g/mol. The topological polar surface area (TPSA) is 98.7 Å². The van der Waals surface area contributed by atoms with Crippen LogP contribution < -0.4 is 15.5 Å². The molecule has 1 aromatic carbocycles. The van der Waals surface area contributed by atoms with Crippen LogP contribution in [0.25, 0.3) is 0 Å². The van der Waals surface area contributed by atoms with Crippen molar-refractivity contribution in [1.82, 2.24) is 10.6 Å². The summed E-state index contributed by atoms with van der Waals surface area (Å²) in [5.41, 5.74) is -0.437. The molecule has 124 valence electrons. The molecule has 0 spiro atoms. The van der Waals surface area contributed by atoms with Gasteiger partial charge in [0.15, 0.2) is 0 Å². The third-order valence-electron chi connectivity index (χ3n) is 3.34. The van der Waals surface area contributed by atoms with E-state index in [2.05, 4.69) is 10.6 Å². The molecule has 0 aromatic heterocycles. The van der Waals surface area contributed by atoms with Crippen LogP contribution in [0.1, 0.15) is 12.8 Å². The number of nitrogens with zero attached hydrogens (tertiary/aromatic N) is 1. The molecule has 1 aromatic rings. The van der Waals surface area contributed by atoms with Crippen molar-refractivity contribution in [2.24, 2.45) is 0 Å². The Balaban J connectivity index is 1.97. The summed E-state index contributed by atoms with van der Waals surface area (Å²) < 4.78 is 27.4. The van der Waals surface area contributed by atoms with Crippen LogP contribution in [0.4, 0.5) is 19.3 Å². The van der Waals surface area contributed by atoms with E-state index in [1.165, 1.54) is 6.07 Å². The first kappa shape index (κ1) is 16.7. The number of carbonyl (C=O) groups is 3. The van der Waals surface area contributed by atoms with Crippen molar-refractivity contribution in [1.29, 1.82) is 0 Å². The normalized spacial score (nSPS) is 17.2. The molecule has 1 unspecified atom stereocenters. The highest BCUT2D eigenvalue weighted by Gasteiger charge is 2.36. The van der Waals surface area contributed by atoms with Crippen LogP contribution in [-0.2, 0) is 9.59 Å². The number of nitrogens with one attached hydrogen (secondary N) is 2. The van der Waals surface area contributed by atoms with Gasteiger partial charge < -0.3 is 20.6 Å². The van der Waals surface area contributed by atoms with Gasteiger partial charge in [-0.05, 0) is 18.6 Å². The number of carboxylic acids is 1. The van der Waals surface area contributed by atoms with Crippen molar-refractivity contribution < 1.29 is 28.3 Å². The zero-order valence-electron chi connectivity index (χ0n) is 12.0. The van der Waals surface area contributed by atoms with Crippen LogP contribution in [-0.4, -0.2) is 42.1 Å². The fourth-order valence-corrected chi connectivity index (χ4v) is 2.28. The lowest BCUT2D eigenvalue weighted by Gasteiger charge is -2.18. The molecule has 1 heterocycles. The van der Waals surface area contributed by atoms with Crippen molar-refractivity contribution in [3.8, 4) is 0 Å². The first-order valence-corrected chi connectivity index (χ1v) is 6.91. The third kappa shape index (κ3) is 3.93. The second kappa shape index (κ2) is 7.03. The summed E-state index contributed by atoms with van der Waals surface area (Å²) in [6.07, 6.45) is -0.0580. The molecular weight excluding hydrogens is 312 g/mol. The lowest BCUT2D eigenvalue weighted by molar-refractivity contribution is -0.136. The van der Waals surface area contributed by atoms with Gasteiger partial charge in [-0.25, -0.2) is 13.6 Å². The number of hydrogen-bond acceptors (Lipinski definition) is 3. The maximum Gasteiger partial charge on any atom is 0.315 e. The van der Waals surface area contributed by atoms with Gasteiger partial charge in [0.1, 0.15) is 23.4 Å².